The Morgan fingerprint density at radius 1 is 1.35 bits per heavy atom. The highest BCUT2D eigenvalue weighted by Gasteiger charge is 2.21. The van der Waals surface area contributed by atoms with E-state index in [1.807, 2.05) is 12.1 Å². The molecule has 1 saturated heterocycles. The summed E-state index contributed by atoms with van der Waals surface area (Å²) in [7, 11) is 0. The molecule has 2 atom stereocenters. The second kappa shape index (κ2) is 5.52. The average Bonchev–Trinajstić information content (AvgIpc) is 2.78. The quantitative estimate of drug-likeness (QED) is 0.838. The van der Waals surface area contributed by atoms with Crippen molar-refractivity contribution in [1.82, 2.24) is 0 Å². The number of aliphatic hydroxyl groups is 2. The molecule has 0 aromatic heterocycles. The third kappa shape index (κ3) is 2.99. The van der Waals surface area contributed by atoms with Gasteiger partial charge in [0.05, 0.1) is 6.10 Å². The molecule has 0 saturated carbocycles. The van der Waals surface area contributed by atoms with Gasteiger partial charge in [0, 0.05) is 25.4 Å². The van der Waals surface area contributed by atoms with Crippen molar-refractivity contribution < 1.29 is 10.2 Å². The molecule has 1 heterocycles. The number of hydrogen-bond donors (Lipinski definition) is 2. The van der Waals surface area contributed by atoms with Crippen molar-refractivity contribution in [1.29, 1.82) is 0 Å². The highest BCUT2D eigenvalue weighted by molar-refractivity contribution is 5.48. The molecule has 1 aromatic carbocycles. The van der Waals surface area contributed by atoms with Gasteiger partial charge >= 0.3 is 0 Å². The minimum absolute atomic E-state index is 0.291. The van der Waals surface area contributed by atoms with E-state index in [2.05, 4.69) is 17.0 Å². The zero-order chi connectivity index (χ0) is 12.3. The van der Waals surface area contributed by atoms with Gasteiger partial charge in [-0.1, -0.05) is 12.1 Å². The van der Waals surface area contributed by atoms with Gasteiger partial charge in [0.15, 0.2) is 0 Å². The number of nitrogens with zero attached hydrogens (tertiary/aromatic N) is 1. The standard InChI is InChI=1S/C14H21NO2/c1-11(17)13-2-4-14(5-3-13)15-8-6-12(10-15)7-9-16/h2-5,11-12,16-17H,6-10H2,1H3/t11-,12?/m1/s1. The van der Waals surface area contributed by atoms with E-state index >= 15 is 0 Å². The van der Waals surface area contributed by atoms with Gasteiger partial charge in [-0.25, -0.2) is 0 Å². The molecule has 17 heavy (non-hydrogen) atoms. The summed E-state index contributed by atoms with van der Waals surface area (Å²) in [6.45, 7) is 4.18. The zero-order valence-corrected chi connectivity index (χ0v) is 10.3. The first kappa shape index (κ1) is 12.4. The Hall–Kier alpha value is -1.06. The Labute approximate surface area is 103 Å². The van der Waals surface area contributed by atoms with Crippen LogP contribution in [0.4, 0.5) is 5.69 Å². The highest BCUT2D eigenvalue weighted by atomic mass is 16.3. The molecule has 2 N–H and O–H groups in total. The molecule has 1 aromatic rings. The minimum atomic E-state index is -0.398. The smallest absolute Gasteiger partial charge is 0.0761 e. The largest absolute Gasteiger partial charge is 0.396 e. The van der Waals surface area contributed by atoms with Gasteiger partial charge < -0.3 is 15.1 Å². The number of rotatable bonds is 4. The Kier molecular flexibility index (Phi) is 4.02. The van der Waals surface area contributed by atoms with Crippen LogP contribution in [-0.4, -0.2) is 29.9 Å². The van der Waals surface area contributed by atoms with Crippen LogP contribution in [0.1, 0.15) is 31.4 Å². The van der Waals surface area contributed by atoms with Crippen molar-refractivity contribution in [2.45, 2.75) is 25.9 Å². The first-order chi connectivity index (χ1) is 8.20. The van der Waals surface area contributed by atoms with Crippen molar-refractivity contribution in [3.63, 3.8) is 0 Å². The maximum atomic E-state index is 9.45. The maximum Gasteiger partial charge on any atom is 0.0761 e. The molecule has 0 amide bonds. The van der Waals surface area contributed by atoms with Gasteiger partial charge in [0.2, 0.25) is 0 Å². The lowest BCUT2D eigenvalue weighted by Gasteiger charge is -2.19. The van der Waals surface area contributed by atoms with Crippen LogP contribution in [0.2, 0.25) is 0 Å². The van der Waals surface area contributed by atoms with Crippen LogP contribution >= 0.6 is 0 Å². The molecule has 1 aliphatic heterocycles. The van der Waals surface area contributed by atoms with E-state index in [0.29, 0.717) is 12.5 Å². The summed E-state index contributed by atoms with van der Waals surface area (Å²) < 4.78 is 0. The molecule has 3 nitrogen and oxygen atoms in total. The van der Waals surface area contributed by atoms with Crippen molar-refractivity contribution in [2.24, 2.45) is 5.92 Å². The van der Waals surface area contributed by atoms with Gasteiger partial charge in [0.1, 0.15) is 0 Å². The Balaban J connectivity index is 1.99. The first-order valence-electron chi connectivity index (χ1n) is 6.34. The van der Waals surface area contributed by atoms with Crippen LogP contribution in [0, 0.1) is 5.92 Å². The molecule has 0 aliphatic carbocycles. The van der Waals surface area contributed by atoms with Gasteiger partial charge in [-0.15, -0.1) is 0 Å². The predicted molar refractivity (Wildman–Crippen MR) is 69.1 cm³/mol. The van der Waals surface area contributed by atoms with E-state index in [0.717, 1.165) is 25.1 Å². The summed E-state index contributed by atoms with van der Waals surface area (Å²) in [6, 6.07) is 8.12. The van der Waals surface area contributed by atoms with Crippen molar-refractivity contribution in [3.8, 4) is 0 Å². The molecular formula is C14H21NO2. The predicted octanol–water partition coefficient (Wildman–Crippen LogP) is 1.95. The molecule has 0 radical (unpaired) electrons. The zero-order valence-electron chi connectivity index (χ0n) is 10.3. The average molecular weight is 235 g/mol. The Morgan fingerprint density at radius 3 is 2.65 bits per heavy atom. The van der Waals surface area contributed by atoms with Gasteiger partial charge in [0.25, 0.3) is 0 Å². The van der Waals surface area contributed by atoms with Gasteiger partial charge in [-0.2, -0.15) is 0 Å². The number of aliphatic hydroxyl groups excluding tert-OH is 2. The summed E-state index contributed by atoms with van der Waals surface area (Å²) in [4.78, 5) is 2.35. The van der Waals surface area contributed by atoms with E-state index in [1.165, 1.54) is 12.1 Å². The lowest BCUT2D eigenvalue weighted by atomic mass is 10.1. The van der Waals surface area contributed by atoms with Crippen LogP contribution < -0.4 is 4.90 Å². The second-order valence-electron chi connectivity index (χ2n) is 4.88. The van der Waals surface area contributed by atoms with E-state index in [9.17, 15) is 5.11 Å². The lowest BCUT2D eigenvalue weighted by Crippen LogP contribution is -2.19. The third-order valence-electron chi connectivity index (χ3n) is 3.56. The van der Waals surface area contributed by atoms with Crippen molar-refractivity contribution in [3.05, 3.63) is 29.8 Å². The fraction of sp³-hybridized carbons (Fsp3) is 0.571. The molecule has 0 spiro atoms. The Morgan fingerprint density at radius 2 is 2.06 bits per heavy atom. The number of hydrogen-bond acceptors (Lipinski definition) is 3. The van der Waals surface area contributed by atoms with Crippen molar-refractivity contribution >= 4 is 5.69 Å². The normalized spacial score (nSPS) is 21.8. The van der Waals surface area contributed by atoms with Crippen LogP contribution in [-0.2, 0) is 0 Å². The monoisotopic (exact) mass is 235 g/mol. The fourth-order valence-electron chi connectivity index (χ4n) is 2.45. The Bertz CT molecular complexity index is 348. The fourth-order valence-corrected chi connectivity index (χ4v) is 2.45. The molecule has 1 aliphatic rings. The molecule has 1 fully saturated rings. The summed E-state index contributed by atoms with van der Waals surface area (Å²) >= 11 is 0. The van der Waals surface area contributed by atoms with Gasteiger partial charge in [-0.05, 0) is 43.4 Å². The van der Waals surface area contributed by atoms with E-state index in [1.54, 1.807) is 6.92 Å². The van der Waals surface area contributed by atoms with Crippen LogP contribution in [0.3, 0.4) is 0 Å². The number of benzene rings is 1. The molecule has 1 unspecified atom stereocenters. The van der Waals surface area contributed by atoms with E-state index in [-0.39, 0.29) is 0 Å². The summed E-state index contributed by atoms with van der Waals surface area (Å²) in [5, 5.41) is 18.4. The molecule has 3 heteroatoms. The first-order valence-corrected chi connectivity index (χ1v) is 6.34. The van der Waals surface area contributed by atoms with Crippen LogP contribution in [0.5, 0.6) is 0 Å². The highest BCUT2D eigenvalue weighted by Crippen LogP contribution is 2.26. The molecule has 0 bridgehead atoms. The molecular weight excluding hydrogens is 214 g/mol. The van der Waals surface area contributed by atoms with E-state index in [4.69, 9.17) is 5.11 Å². The SMILES string of the molecule is C[C@@H](O)c1ccc(N2CCC(CCO)C2)cc1. The van der Waals surface area contributed by atoms with Crippen LogP contribution in [0.15, 0.2) is 24.3 Å². The van der Waals surface area contributed by atoms with E-state index < -0.39 is 6.10 Å². The number of anilines is 1. The summed E-state index contributed by atoms with van der Waals surface area (Å²) in [6.07, 6.45) is 1.67. The van der Waals surface area contributed by atoms with Crippen LogP contribution in [0.25, 0.3) is 0 Å². The minimum Gasteiger partial charge on any atom is -0.396 e. The lowest BCUT2D eigenvalue weighted by molar-refractivity contribution is 0.199. The summed E-state index contributed by atoms with van der Waals surface area (Å²) in [5.74, 6) is 0.622. The third-order valence-corrected chi connectivity index (χ3v) is 3.56. The topological polar surface area (TPSA) is 43.7 Å². The summed E-state index contributed by atoms with van der Waals surface area (Å²) in [5.41, 5.74) is 2.18. The molecule has 2 rings (SSSR count). The van der Waals surface area contributed by atoms with Gasteiger partial charge in [-0.3, -0.25) is 0 Å². The molecule has 94 valence electrons. The second-order valence-corrected chi connectivity index (χ2v) is 4.88. The maximum absolute atomic E-state index is 9.45. The van der Waals surface area contributed by atoms with Crippen molar-refractivity contribution in [2.75, 3.05) is 24.6 Å².